The first-order chi connectivity index (χ1) is 17.6. The second kappa shape index (κ2) is 10.4. The minimum Gasteiger partial charge on any atom is -0.473 e. The molecule has 2 amide bonds. The molecule has 0 atom stereocenters. The lowest BCUT2D eigenvalue weighted by atomic mass is 10.1. The first-order valence-corrected chi connectivity index (χ1v) is 13.1. The number of hydrogen-bond acceptors (Lipinski definition) is 8. The molecule has 37 heavy (non-hydrogen) atoms. The number of carbonyl (C=O) groups excluding carboxylic acids is 2. The van der Waals surface area contributed by atoms with Gasteiger partial charge in [0, 0.05) is 31.0 Å². The van der Waals surface area contributed by atoms with E-state index in [0.717, 1.165) is 5.56 Å². The number of aromatic nitrogens is 3. The maximum Gasteiger partial charge on any atom is 0.263 e. The molecule has 0 spiro atoms. The van der Waals surface area contributed by atoms with E-state index in [1.807, 2.05) is 0 Å². The number of ether oxygens (including phenoxy) is 1. The van der Waals surface area contributed by atoms with E-state index in [9.17, 15) is 22.8 Å². The zero-order chi connectivity index (χ0) is 26.8. The van der Waals surface area contributed by atoms with Gasteiger partial charge in [0.15, 0.2) is 0 Å². The van der Waals surface area contributed by atoms with Crippen molar-refractivity contribution in [3.05, 3.63) is 63.0 Å². The molecule has 196 valence electrons. The lowest BCUT2D eigenvalue weighted by Gasteiger charge is -2.18. The number of aryl methyl sites for hydroxylation is 1. The summed E-state index contributed by atoms with van der Waals surface area (Å²) in [4.78, 5) is 37.2. The van der Waals surface area contributed by atoms with Gasteiger partial charge in [-0.3, -0.25) is 14.4 Å². The number of rotatable bonds is 10. The first-order valence-electron chi connectivity index (χ1n) is 11.3. The van der Waals surface area contributed by atoms with Gasteiger partial charge in [-0.1, -0.05) is 23.7 Å². The second-order valence-electron chi connectivity index (χ2n) is 8.65. The average Bonchev–Trinajstić information content (AvgIpc) is 3.69. The topological polar surface area (TPSA) is 161 Å². The molecular formula is C23H25ClN6O6S. The van der Waals surface area contributed by atoms with Crippen LogP contribution in [0.3, 0.4) is 0 Å². The Morgan fingerprint density at radius 1 is 1.22 bits per heavy atom. The number of halogens is 1. The Morgan fingerprint density at radius 3 is 2.57 bits per heavy atom. The predicted molar refractivity (Wildman–Crippen MR) is 136 cm³/mol. The lowest BCUT2D eigenvalue weighted by molar-refractivity contribution is -0.119. The molecule has 3 aromatic rings. The number of pyridine rings is 1. The van der Waals surface area contributed by atoms with Crippen LogP contribution in [0.4, 0.5) is 0 Å². The molecule has 12 nitrogen and oxygen atoms in total. The van der Waals surface area contributed by atoms with E-state index in [0.29, 0.717) is 23.3 Å². The zero-order valence-electron chi connectivity index (χ0n) is 20.1. The molecule has 1 fully saturated rings. The van der Waals surface area contributed by atoms with Crippen LogP contribution in [-0.2, 0) is 28.4 Å². The van der Waals surface area contributed by atoms with E-state index >= 15 is 0 Å². The summed E-state index contributed by atoms with van der Waals surface area (Å²) in [5.74, 6) is -1.08. The molecule has 14 heteroatoms. The largest absolute Gasteiger partial charge is 0.473 e. The Balaban J connectivity index is 1.53. The van der Waals surface area contributed by atoms with E-state index in [-0.39, 0.29) is 36.7 Å². The summed E-state index contributed by atoms with van der Waals surface area (Å²) in [6.07, 6.45) is 2.06. The number of benzene rings is 1. The number of likely N-dealkylation sites (N-methyl/N-ethyl adjacent to an activating group) is 1. The molecule has 1 saturated carbocycles. The molecule has 2 heterocycles. The van der Waals surface area contributed by atoms with Gasteiger partial charge in [-0.2, -0.15) is 5.10 Å². The fraction of sp³-hybridized carbons (Fsp3) is 0.348. The summed E-state index contributed by atoms with van der Waals surface area (Å²) in [5.41, 5.74) is 0.397. The van der Waals surface area contributed by atoms with Crippen LogP contribution < -0.4 is 25.7 Å². The van der Waals surface area contributed by atoms with Crippen molar-refractivity contribution in [1.29, 1.82) is 0 Å². The fourth-order valence-corrected chi connectivity index (χ4v) is 5.30. The van der Waals surface area contributed by atoms with Crippen LogP contribution in [0.25, 0.3) is 10.9 Å². The molecule has 4 rings (SSSR count). The van der Waals surface area contributed by atoms with Crippen LogP contribution >= 0.6 is 11.6 Å². The van der Waals surface area contributed by atoms with E-state index in [4.69, 9.17) is 16.3 Å². The number of nitrogens with one attached hydrogen (secondary N) is 3. The number of amides is 2. The van der Waals surface area contributed by atoms with Crippen LogP contribution in [0.5, 0.6) is 5.88 Å². The third-order valence-corrected chi connectivity index (χ3v) is 8.60. The molecule has 1 aliphatic rings. The van der Waals surface area contributed by atoms with Crippen molar-refractivity contribution in [2.75, 3.05) is 20.2 Å². The van der Waals surface area contributed by atoms with Gasteiger partial charge in [-0.15, -0.1) is 5.10 Å². The number of fused-ring (bicyclic) bond motifs is 1. The molecule has 0 unspecified atom stereocenters. The SMILES string of the molecule is CNC(=O)CNS(=O)(=O)C1(COc2nncc3cc(C(=O)NCc4ccc(Cl)cc4)c(=O)n(C)c23)CC1. The van der Waals surface area contributed by atoms with Gasteiger partial charge >= 0.3 is 0 Å². The van der Waals surface area contributed by atoms with E-state index in [2.05, 4.69) is 25.6 Å². The summed E-state index contributed by atoms with van der Waals surface area (Å²) in [6.45, 7) is -0.432. The highest BCUT2D eigenvalue weighted by Crippen LogP contribution is 2.43. The maximum atomic E-state index is 13.0. The van der Waals surface area contributed by atoms with Gasteiger partial charge in [0.25, 0.3) is 17.3 Å². The van der Waals surface area contributed by atoms with Gasteiger partial charge in [-0.25, -0.2) is 13.1 Å². The van der Waals surface area contributed by atoms with E-state index in [1.54, 1.807) is 24.3 Å². The van der Waals surface area contributed by atoms with Crippen LogP contribution in [-0.4, -0.2) is 59.9 Å². The summed E-state index contributed by atoms with van der Waals surface area (Å²) in [7, 11) is -0.988. The third kappa shape index (κ3) is 5.58. The van der Waals surface area contributed by atoms with Crippen LogP contribution in [0, 0.1) is 0 Å². The predicted octanol–water partition coefficient (Wildman–Crippen LogP) is 0.489. The number of carbonyl (C=O) groups is 2. The number of nitrogens with zero attached hydrogens (tertiary/aromatic N) is 3. The first kappa shape index (κ1) is 26.5. The smallest absolute Gasteiger partial charge is 0.263 e. The van der Waals surface area contributed by atoms with E-state index in [1.165, 1.54) is 30.9 Å². The summed E-state index contributed by atoms with van der Waals surface area (Å²) < 4.78 is 33.5. The minimum absolute atomic E-state index is 0.0435. The standard InChI is InChI=1S/C23H25ClN6O6S/c1-25-18(31)12-28-37(34,35)23(7-8-23)13-36-21-19-15(11-27-29-21)9-17(22(33)30(19)2)20(32)26-10-14-3-5-16(24)6-4-14/h3-6,9,11,28H,7-8,10,12-13H2,1-2H3,(H,25,31)(H,26,32). The Bertz CT molecular complexity index is 1520. The normalized spacial score (nSPS) is 14.2. The van der Waals surface area contributed by atoms with Gasteiger partial charge in [0.05, 0.1) is 12.7 Å². The molecule has 0 aliphatic heterocycles. The van der Waals surface area contributed by atoms with Crippen molar-refractivity contribution < 1.29 is 22.7 Å². The quantitative estimate of drug-likeness (QED) is 0.330. The molecule has 0 radical (unpaired) electrons. The van der Waals surface area contributed by atoms with Crippen molar-refractivity contribution in [2.24, 2.45) is 7.05 Å². The Morgan fingerprint density at radius 2 is 1.92 bits per heavy atom. The zero-order valence-corrected chi connectivity index (χ0v) is 21.6. The summed E-state index contributed by atoms with van der Waals surface area (Å²) in [5, 5.41) is 13.9. The molecular weight excluding hydrogens is 524 g/mol. The van der Waals surface area contributed by atoms with Crippen molar-refractivity contribution in [3.63, 3.8) is 0 Å². The van der Waals surface area contributed by atoms with Crippen molar-refractivity contribution in [1.82, 2.24) is 30.1 Å². The Hall–Kier alpha value is -3.55. The fourth-order valence-electron chi connectivity index (χ4n) is 3.69. The Labute approximate surface area is 217 Å². The summed E-state index contributed by atoms with van der Waals surface area (Å²) >= 11 is 5.88. The monoisotopic (exact) mass is 548 g/mol. The van der Waals surface area contributed by atoms with Crippen molar-refractivity contribution in [2.45, 2.75) is 24.1 Å². The van der Waals surface area contributed by atoms with Gasteiger partial charge < -0.3 is 19.9 Å². The highest BCUT2D eigenvalue weighted by Gasteiger charge is 2.55. The molecule has 0 saturated heterocycles. The van der Waals surface area contributed by atoms with Crippen LogP contribution in [0.2, 0.25) is 5.02 Å². The van der Waals surface area contributed by atoms with Crippen LogP contribution in [0.15, 0.2) is 41.3 Å². The van der Waals surface area contributed by atoms with Gasteiger partial charge in [-0.05, 0) is 36.6 Å². The van der Waals surface area contributed by atoms with Gasteiger partial charge in [0.1, 0.15) is 22.4 Å². The molecule has 0 bridgehead atoms. The Kier molecular flexibility index (Phi) is 7.48. The highest BCUT2D eigenvalue weighted by atomic mass is 35.5. The number of sulfonamides is 1. The van der Waals surface area contributed by atoms with Crippen molar-refractivity contribution >= 4 is 44.3 Å². The summed E-state index contributed by atoms with van der Waals surface area (Å²) in [6, 6.07) is 8.33. The number of hydrogen-bond donors (Lipinski definition) is 3. The average molecular weight is 549 g/mol. The second-order valence-corrected chi connectivity index (χ2v) is 11.3. The van der Waals surface area contributed by atoms with Gasteiger partial charge in [0.2, 0.25) is 15.9 Å². The maximum absolute atomic E-state index is 13.0. The van der Waals surface area contributed by atoms with Crippen LogP contribution in [0.1, 0.15) is 28.8 Å². The molecule has 1 aromatic carbocycles. The minimum atomic E-state index is -3.86. The lowest BCUT2D eigenvalue weighted by Crippen LogP contribution is -2.44. The highest BCUT2D eigenvalue weighted by molar-refractivity contribution is 7.91. The molecule has 1 aliphatic carbocycles. The molecule has 3 N–H and O–H groups in total. The third-order valence-electron chi connectivity index (χ3n) is 6.15. The molecule has 2 aromatic heterocycles. The van der Waals surface area contributed by atoms with Crippen molar-refractivity contribution in [3.8, 4) is 5.88 Å². The van der Waals surface area contributed by atoms with E-state index < -0.39 is 32.1 Å².